The Morgan fingerprint density at radius 2 is 2.25 bits per heavy atom. The minimum absolute atomic E-state index is 0. The van der Waals surface area contributed by atoms with Gasteiger partial charge in [-0.05, 0) is 0 Å². The predicted octanol–water partition coefficient (Wildman–Crippen LogP) is -1.82. The highest BCUT2D eigenvalue weighted by Crippen LogP contribution is 2.27. The van der Waals surface area contributed by atoms with Crippen LogP contribution in [0.1, 0.15) is 19.3 Å². The Hall–Kier alpha value is 0.500. The third kappa shape index (κ3) is 2.77. The van der Waals surface area contributed by atoms with Crippen molar-refractivity contribution >= 4 is 11.6 Å². The lowest BCUT2D eigenvalue weighted by molar-refractivity contribution is -0.909. The van der Waals surface area contributed by atoms with E-state index >= 15 is 0 Å². The summed E-state index contributed by atoms with van der Waals surface area (Å²) in [7, 11) is 2.18. The Morgan fingerprint density at radius 1 is 1.58 bits per heavy atom. The molecular weight excluding hydrogens is 197 g/mol. The molecule has 1 saturated heterocycles. The lowest BCUT2D eigenvalue weighted by Crippen LogP contribution is -3.00. The van der Waals surface area contributed by atoms with Crippen molar-refractivity contribution < 1.29 is 22.0 Å². The van der Waals surface area contributed by atoms with E-state index in [4.69, 9.17) is 16.7 Å². The van der Waals surface area contributed by atoms with Gasteiger partial charge in [-0.2, -0.15) is 0 Å². The van der Waals surface area contributed by atoms with Gasteiger partial charge in [0.15, 0.2) is 5.50 Å². The number of likely N-dealkylation sites (tertiary alicyclic amines) is 1. The van der Waals surface area contributed by atoms with E-state index in [0.717, 1.165) is 23.9 Å². The van der Waals surface area contributed by atoms with E-state index in [1.54, 1.807) is 0 Å². The fourth-order valence-corrected chi connectivity index (χ4v) is 2.11. The largest absolute Gasteiger partial charge is 1.00 e. The highest BCUT2D eigenvalue weighted by atomic mass is 35.5. The van der Waals surface area contributed by atoms with Crippen LogP contribution < -0.4 is 12.4 Å². The average Bonchev–Trinajstić information content (AvgIpc) is 2.30. The van der Waals surface area contributed by atoms with Crippen LogP contribution in [0.2, 0.25) is 0 Å². The van der Waals surface area contributed by atoms with Gasteiger partial charge < -0.3 is 22.0 Å². The standard InChI is InChI=1S/C8H17ClNO.ClH/c1-10(6-3-7-11)5-2-4-8(10)9;/h8,11H,2-7H2,1H3;1H/q+1;/p-1. The molecule has 2 nitrogen and oxygen atoms in total. The van der Waals surface area contributed by atoms with Crippen molar-refractivity contribution in [3.8, 4) is 0 Å². The summed E-state index contributed by atoms with van der Waals surface area (Å²) in [4.78, 5) is 0. The summed E-state index contributed by atoms with van der Waals surface area (Å²) in [6.07, 6.45) is 3.24. The Morgan fingerprint density at radius 3 is 2.67 bits per heavy atom. The Labute approximate surface area is 85.5 Å². The van der Waals surface area contributed by atoms with Crippen LogP contribution in [-0.4, -0.2) is 41.8 Å². The number of alkyl halides is 1. The van der Waals surface area contributed by atoms with Crippen molar-refractivity contribution in [1.82, 2.24) is 0 Å². The van der Waals surface area contributed by atoms with Crippen LogP contribution >= 0.6 is 11.6 Å². The molecule has 74 valence electrons. The van der Waals surface area contributed by atoms with Crippen LogP contribution in [0.4, 0.5) is 0 Å². The summed E-state index contributed by atoms with van der Waals surface area (Å²) in [5.41, 5.74) is 0.279. The van der Waals surface area contributed by atoms with Gasteiger partial charge in [-0.3, -0.25) is 0 Å². The van der Waals surface area contributed by atoms with E-state index in [1.165, 1.54) is 13.0 Å². The molecular formula is C8H17Cl2NO. The van der Waals surface area contributed by atoms with E-state index in [2.05, 4.69) is 7.05 Å². The van der Waals surface area contributed by atoms with Gasteiger partial charge in [0.1, 0.15) is 0 Å². The molecule has 0 radical (unpaired) electrons. The third-order valence-electron chi connectivity index (χ3n) is 2.61. The molecule has 4 heteroatoms. The summed E-state index contributed by atoms with van der Waals surface area (Å²) in [5.74, 6) is 0. The van der Waals surface area contributed by atoms with Crippen LogP contribution in [-0.2, 0) is 0 Å². The van der Waals surface area contributed by atoms with Gasteiger partial charge in [0.25, 0.3) is 0 Å². The quantitative estimate of drug-likeness (QED) is 0.333. The molecule has 0 aliphatic carbocycles. The van der Waals surface area contributed by atoms with Gasteiger partial charge in [-0.15, -0.1) is 0 Å². The van der Waals surface area contributed by atoms with Crippen molar-refractivity contribution in [2.75, 3.05) is 26.7 Å². The highest BCUT2D eigenvalue weighted by Gasteiger charge is 2.35. The smallest absolute Gasteiger partial charge is 0.164 e. The monoisotopic (exact) mass is 213 g/mol. The molecule has 2 atom stereocenters. The predicted molar refractivity (Wildman–Crippen MR) is 46.5 cm³/mol. The average molecular weight is 214 g/mol. The van der Waals surface area contributed by atoms with Gasteiger partial charge >= 0.3 is 0 Å². The number of rotatable bonds is 3. The molecule has 1 aliphatic rings. The molecule has 0 aromatic rings. The maximum Gasteiger partial charge on any atom is 0.164 e. The lowest BCUT2D eigenvalue weighted by atomic mass is 10.3. The minimum atomic E-state index is 0. The van der Waals surface area contributed by atoms with Crippen LogP contribution in [0.15, 0.2) is 0 Å². The van der Waals surface area contributed by atoms with E-state index in [1.807, 2.05) is 0 Å². The van der Waals surface area contributed by atoms with Gasteiger partial charge in [0, 0.05) is 25.9 Å². The van der Waals surface area contributed by atoms with Crippen molar-refractivity contribution in [2.45, 2.75) is 24.8 Å². The molecule has 1 aliphatic heterocycles. The molecule has 0 spiro atoms. The highest BCUT2D eigenvalue weighted by molar-refractivity contribution is 6.19. The molecule has 1 rings (SSSR count). The Kier molecular flexibility index (Phi) is 5.50. The second kappa shape index (κ2) is 5.28. The first kappa shape index (κ1) is 12.5. The summed E-state index contributed by atoms with van der Waals surface area (Å²) in [5, 5.41) is 8.67. The summed E-state index contributed by atoms with van der Waals surface area (Å²) in [6.45, 7) is 2.48. The zero-order chi connectivity index (χ0) is 8.32. The Balaban J connectivity index is 0.00000121. The molecule has 0 aromatic carbocycles. The fraction of sp³-hybridized carbons (Fsp3) is 1.00. The molecule has 0 aromatic heterocycles. The lowest BCUT2D eigenvalue weighted by Gasteiger charge is -2.32. The molecule has 0 saturated carbocycles. The third-order valence-corrected chi connectivity index (χ3v) is 3.30. The molecule has 1 heterocycles. The van der Waals surface area contributed by atoms with E-state index in [9.17, 15) is 0 Å². The summed E-state index contributed by atoms with van der Waals surface area (Å²) < 4.78 is 0.947. The maximum atomic E-state index is 8.67. The van der Waals surface area contributed by atoms with Crippen molar-refractivity contribution in [1.29, 1.82) is 0 Å². The molecule has 1 N–H and O–H groups in total. The normalized spacial score (nSPS) is 34.8. The van der Waals surface area contributed by atoms with Crippen LogP contribution in [0.3, 0.4) is 0 Å². The minimum Gasteiger partial charge on any atom is -1.00 e. The zero-order valence-electron chi connectivity index (χ0n) is 7.47. The molecule has 0 amide bonds. The summed E-state index contributed by atoms with van der Waals surface area (Å²) >= 11 is 6.15. The molecule has 2 unspecified atom stereocenters. The number of hydrogen-bond acceptors (Lipinski definition) is 1. The first-order chi connectivity index (χ1) is 5.19. The number of nitrogens with zero attached hydrogens (tertiary/aromatic N) is 1. The van der Waals surface area contributed by atoms with Crippen LogP contribution in [0.25, 0.3) is 0 Å². The van der Waals surface area contributed by atoms with Gasteiger partial charge in [-0.1, -0.05) is 11.6 Å². The second-order valence-corrected chi connectivity index (χ2v) is 4.08. The topological polar surface area (TPSA) is 20.2 Å². The van der Waals surface area contributed by atoms with Crippen molar-refractivity contribution in [2.24, 2.45) is 0 Å². The van der Waals surface area contributed by atoms with E-state index in [0.29, 0.717) is 0 Å². The van der Waals surface area contributed by atoms with Gasteiger partial charge in [0.05, 0.1) is 20.1 Å². The number of quaternary nitrogens is 1. The number of aliphatic hydroxyl groups is 1. The first-order valence-electron chi connectivity index (χ1n) is 4.28. The zero-order valence-corrected chi connectivity index (χ0v) is 8.98. The van der Waals surface area contributed by atoms with Gasteiger partial charge in [-0.25, -0.2) is 0 Å². The first-order valence-corrected chi connectivity index (χ1v) is 4.72. The van der Waals surface area contributed by atoms with Crippen molar-refractivity contribution in [3.05, 3.63) is 0 Å². The van der Waals surface area contributed by atoms with E-state index < -0.39 is 0 Å². The Bertz CT molecular complexity index is 134. The number of hydrogen-bond donors (Lipinski definition) is 1. The van der Waals surface area contributed by atoms with Crippen molar-refractivity contribution in [3.63, 3.8) is 0 Å². The molecule has 0 bridgehead atoms. The molecule has 1 fully saturated rings. The van der Waals surface area contributed by atoms with Crippen LogP contribution in [0.5, 0.6) is 0 Å². The number of aliphatic hydroxyl groups excluding tert-OH is 1. The second-order valence-electron chi connectivity index (χ2n) is 3.58. The molecule has 12 heavy (non-hydrogen) atoms. The fourth-order valence-electron chi connectivity index (χ4n) is 1.76. The number of halogens is 2. The van der Waals surface area contributed by atoms with E-state index in [-0.39, 0.29) is 24.5 Å². The van der Waals surface area contributed by atoms with Crippen LogP contribution in [0, 0.1) is 0 Å². The SMILES string of the molecule is C[N+]1(CCCO)CCCC1Cl.[Cl-]. The summed E-state index contributed by atoms with van der Waals surface area (Å²) in [6, 6.07) is 0. The van der Waals surface area contributed by atoms with Gasteiger partial charge in [0.2, 0.25) is 0 Å². The maximum absolute atomic E-state index is 8.67.